The second-order valence-corrected chi connectivity index (χ2v) is 10.5. The summed E-state index contributed by atoms with van der Waals surface area (Å²) in [5.41, 5.74) is 2.89. The highest BCUT2D eigenvalue weighted by atomic mass is 16.7. The Morgan fingerprint density at radius 2 is 1.34 bits per heavy atom. The van der Waals surface area contributed by atoms with E-state index >= 15 is 0 Å². The van der Waals surface area contributed by atoms with Gasteiger partial charge in [0.05, 0.1) is 11.2 Å². The Balaban J connectivity index is 1.51. The van der Waals surface area contributed by atoms with Crippen LogP contribution in [-0.4, -0.2) is 25.3 Å². The van der Waals surface area contributed by atoms with Gasteiger partial charge in [-0.15, -0.1) is 0 Å². The highest BCUT2D eigenvalue weighted by molar-refractivity contribution is 6.82. The molecule has 1 saturated heterocycles. The van der Waals surface area contributed by atoms with Crippen molar-refractivity contribution in [1.82, 2.24) is 0 Å². The Morgan fingerprint density at radius 1 is 0.781 bits per heavy atom. The molecular formula is C26H32B2N2O2. The predicted molar refractivity (Wildman–Crippen MR) is 136 cm³/mol. The average Bonchev–Trinajstić information content (AvgIpc) is 3.00. The van der Waals surface area contributed by atoms with Crippen molar-refractivity contribution in [3.8, 4) is 0 Å². The van der Waals surface area contributed by atoms with Crippen LogP contribution >= 0.6 is 0 Å². The van der Waals surface area contributed by atoms with Gasteiger partial charge in [0, 0.05) is 22.0 Å². The van der Waals surface area contributed by atoms with Gasteiger partial charge in [0.1, 0.15) is 0 Å². The Kier molecular flexibility index (Phi) is 5.06. The molecule has 2 aliphatic heterocycles. The minimum atomic E-state index is -0.377. The molecule has 2 aliphatic rings. The lowest BCUT2D eigenvalue weighted by molar-refractivity contribution is 0.00578. The van der Waals surface area contributed by atoms with Crippen LogP contribution in [0.2, 0.25) is 5.21 Å². The van der Waals surface area contributed by atoms with Gasteiger partial charge in [-0.05, 0) is 63.6 Å². The normalized spacial score (nSPS) is 20.5. The van der Waals surface area contributed by atoms with Crippen LogP contribution in [-0.2, 0) is 15.7 Å². The quantitative estimate of drug-likeness (QED) is 0.478. The molecule has 0 aromatic heterocycles. The maximum Gasteiger partial charge on any atom is 0.460 e. The lowest BCUT2D eigenvalue weighted by Crippen LogP contribution is -2.55. The van der Waals surface area contributed by atoms with Crippen LogP contribution in [0.25, 0.3) is 10.8 Å². The first-order valence-electron chi connectivity index (χ1n) is 11.6. The summed E-state index contributed by atoms with van der Waals surface area (Å²) in [5.74, 6) is 0. The molecule has 2 heterocycles. The summed E-state index contributed by atoms with van der Waals surface area (Å²) in [6, 6.07) is 23.6. The lowest BCUT2D eigenvalue weighted by atomic mass is 9.33. The fourth-order valence-corrected chi connectivity index (χ4v) is 4.83. The van der Waals surface area contributed by atoms with Crippen molar-refractivity contribution in [2.45, 2.75) is 63.9 Å². The zero-order valence-corrected chi connectivity index (χ0v) is 19.7. The van der Waals surface area contributed by atoms with E-state index in [9.17, 15) is 0 Å². The topological polar surface area (TPSA) is 42.5 Å². The molecular weight excluding hydrogens is 394 g/mol. The van der Waals surface area contributed by atoms with Gasteiger partial charge < -0.3 is 19.8 Å². The molecule has 0 bridgehead atoms. The van der Waals surface area contributed by atoms with E-state index < -0.39 is 0 Å². The third-order valence-electron chi connectivity index (χ3n) is 7.75. The van der Waals surface area contributed by atoms with Crippen molar-refractivity contribution in [2.24, 2.45) is 0 Å². The standard InChI is InChI=1S/C26H32B2N2O2/c1-24(2)25(3,4)32-28(31-24)26(5,18-17-19-11-7-6-8-12-19)27-29-21-15-9-13-20-14-10-16-22(30-27)23(20)21/h6-16,29-30H,17-18H2,1-5H3. The highest BCUT2D eigenvalue weighted by Gasteiger charge is 2.61. The number of aryl methyl sites for hydroxylation is 1. The van der Waals surface area contributed by atoms with E-state index in [0.717, 1.165) is 24.2 Å². The summed E-state index contributed by atoms with van der Waals surface area (Å²) in [6.45, 7) is 10.8. The fraction of sp³-hybridized carbons (Fsp3) is 0.385. The highest BCUT2D eigenvalue weighted by Crippen LogP contribution is 2.50. The van der Waals surface area contributed by atoms with Crippen LogP contribution in [0, 0.1) is 0 Å². The first-order valence-corrected chi connectivity index (χ1v) is 11.6. The number of hydrogen-bond acceptors (Lipinski definition) is 4. The summed E-state index contributed by atoms with van der Waals surface area (Å²) in [4.78, 5) is 0. The van der Waals surface area contributed by atoms with Crippen molar-refractivity contribution < 1.29 is 9.31 Å². The van der Waals surface area contributed by atoms with Gasteiger partial charge in [0.25, 0.3) is 0 Å². The molecule has 1 unspecified atom stereocenters. The second-order valence-electron chi connectivity index (χ2n) is 10.5. The van der Waals surface area contributed by atoms with Crippen LogP contribution in [0.3, 0.4) is 0 Å². The monoisotopic (exact) mass is 426 g/mol. The number of benzene rings is 3. The lowest BCUT2D eigenvalue weighted by Gasteiger charge is -2.40. The summed E-state index contributed by atoms with van der Waals surface area (Å²) in [6.07, 6.45) is 1.86. The molecule has 164 valence electrons. The summed E-state index contributed by atoms with van der Waals surface area (Å²) >= 11 is 0. The molecule has 1 atom stereocenters. The van der Waals surface area contributed by atoms with Crippen molar-refractivity contribution in [3.05, 3.63) is 72.3 Å². The second kappa shape index (κ2) is 7.57. The number of anilines is 2. The molecule has 32 heavy (non-hydrogen) atoms. The average molecular weight is 426 g/mol. The zero-order valence-electron chi connectivity index (χ0n) is 19.7. The molecule has 5 rings (SSSR count). The first-order chi connectivity index (χ1) is 15.2. The van der Waals surface area contributed by atoms with Crippen LogP contribution in [0.5, 0.6) is 0 Å². The molecule has 0 spiro atoms. The molecule has 0 aliphatic carbocycles. The molecule has 2 N–H and O–H groups in total. The summed E-state index contributed by atoms with van der Waals surface area (Å²) < 4.78 is 13.3. The van der Waals surface area contributed by atoms with Gasteiger partial charge in [-0.2, -0.15) is 0 Å². The summed E-state index contributed by atoms with van der Waals surface area (Å²) in [5, 5.41) is 9.75. The van der Waals surface area contributed by atoms with Gasteiger partial charge in [-0.1, -0.05) is 61.5 Å². The van der Waals surface area contributed by atoms with E-state index in [1.807, 2.05) is 0 Å². The Bertz CT molecular complexity index is 1080. The Hall–Kier alpha value is -2.43. The maximum atomic E-state index is 6.63. The van der Waals surface area contributed by atoms with E-state index in [1.165, 1.54) is 16.3 Å². The molecule has 3 aromatic carbocycles. The maximum absolute atomic E-state index is 6.63. The van der Waals surface area contributed by atoms with E-state index in [1.54, 1.807) is 0 Å². The van der Waals surface area contributed by atoms with E-state index in [-0.39, 0.29) is 30.5 Å². The molecule has 3 aromatic rings. The minimum Gasteiger partial charge on any atom is -0.409 e. The van der Waals surface area contributed by atoms with Crippen molar-refractivity contribution in [1.29, 1.82) is 0 Å². The van der Waals surface area contributed by atoms with Crippen LogP contribution in [0.4, 0.5) is 11.4 Å². The summed E-state index contributed by atoms with van der Waals surface area (Å²) in [7, 11) is -0.342. The Labute approximate surface area is 192 Å². The third-order valence-corrected chi connectivity index (χ3v) is 7.75. The number of hydrogen-bond donors (Lipinski definition) is 2. The molecule has 4 nitrogen and oxygen atoms in total. The van der Waals surface area contributed by atoms with Crippen LogP contribution in [0.1, 0.15) is 46.6 Å². The molecule has 0 radical (unpaired) electrons. The Morgan fingerprint density at radius 3 is 1.91 bits per heavy atom. The number of nitrogens with one attached hydrogen (secondary N) is 2. The third kappa shape index (κ3) is 3.50. The number of rotatable bonds is 5. The van der Waals surface area contributed by atoms with Crippen molar-refractivity contribution in [2.75, 3.05) is 10.5 Å². The molecule has 6 heteroatoms. The van der Waals surface area contributed by atoms with E-state index in [2.05, 4.69) is 112 Å². The first kappa shape index (κ1) is 21.4. The van der Waals surface area contributed by atoms with Gasteiger partial charge >= 0.3 is 14.1 Å². The van der Waals surface area contributed by atoms with Crippen LogP contribution in [0.15, 0.2) is 66.7 Å². The van der Waals surface area contributed by atoms with Crippen molar-refractivity contribution >= 4 is 36.2 Å². The van der Waals surface area contributed by atoms with Crippen molar-refractivity contribution in [3.63, 3.8) is 0 Å². The molecule has 0 amide bonds. The SMILES string of the molecule is CC(CCc1ccccc1)(B1Nc2cccc3cccc(c23)N1)B1OC(C)(C)C(C)(C)O1. The smallest absolute Gasteiger partial charge is 0.409 e. The van der Waals surface area contributed by atoms with Gasteiger partial charge in [-0.3, -0.25) is 0 Å². The van der Waals surface area contributed by atoms with Gasteiger partial charge in [-0.25, -0.2) is 0 Å². The van der Waals surface area contributed by atoms with E-state index in [4.69, 9.17) is 9.31 Å². The predicted octanol–water partition coefficient (Wildman–Crippen LogP) is 6.19. The van der Waals surface area contributed by atoms with E-state index in [0.29, 0.717) is 0 Å². The minimum absolute atomic E-state index is 0.0404. The van der Waals surface area contributed by atoms with Crippen LogP contribution < -0.4 is 10.5 Å². The van der Waals surface area contributed by atoms with Gasteiger partial charge in [0.2, 0.25) is 0 Å². The largest absolute Gasteiger partial charge is 0.460 e. The fourth-order valence-electron chi connectivity index (χ4n) is 4.83. The molecule has 0 saturated carbocycles. The van der Waals surface area contributed by atoms with Gasteiger partial charge in [0.15, 0.2) is 0 Å². The zero-order chi connectivity index (χ0) is 22.6. The molecule has 1 fully saturated rings.